The van der Waals surface area contributed by atoms with Crippen molar-refractivity contribution in [3.05, 3.63) is 53.3 Å². The SMILES string of the molecule is CNS(=O)(=O)c1cccc2c1CCN(c1ccncc1C(=O)O)C2. The van der Waals surface area contributed by atoms with Crippen molar-refractivity contribution in [2.45, 2.75) is 17.9 Å². The Hall–Kier alpha value is -2.45. The molecular formula is C16H17N3O4S. The predicted octanol–water partition coefficient (Wildman–Crippen LogP) is 1.25. The molecule has 2 aromatic rings. The van der Waals surface area contributed by atoms with Crippen LogP contribution in [0.3, 0.4) is 0 Å². The molecule has 0 saturated carbocycles. The number of rotatable bonds is 4. The van der Waals surface area contributed by atoms with Gasteiger partial charge in [0.05, 0.1) is 10.6 Å². The second-order valence-corrected chi connectivity index (χ2v) is 7.33. The van der Waals surface area contributed by atoms with E-state index in [1.807, 2.05) is 11.0 Å². The number of nitrogens with one attached hydrogen (secondary N) is 1. The number of anilines is 1. The average Bonchev–Trinajstić information content (AvgIpc) is 2.60. The number of aromatic nitrogens is 1. The third-order valence-electron chi connectivity index (χ3n) is 4.15. The predicted molar refractivity (Wildman–Crippen MR) is 88.6 cm³/mol. The van der Waals surface area contributed by atoms with Crippen molar-refractivity contribution >= 4 is 21.7 Å². The van der Waals surface area contributed by atoms with Gasteiger partial charge >= 0.3 is 5.97 Å². The summed E-state index contributed by atoms with van der Waals surface area (Å²) in [6.45, 7) is 0.986. The molecule has 0 amide bonds. The van der Waals surface area contributed by atoms with E-state index in [1.54, 1.807) is 24.4 Å². The molecule has 2 heterocycles. The molecule has 0 aliphatic carbocycles. The molecule has 0 spiro atoms. The highest BCUT2D eigenvalue weighted by atomic mass is 32.2. The first-order valence-corrected chi connectivity index (χ1v) is 8.89. The summed E-state index contributed by atoms with van der Waals surface area (Å²) in [5.41, 5.74) is 2.39. The number of aromatic carboxylic acids is 1. The van der Waals surface area contributed by atoms with Gasteiger partial charge in [0.2, 0.25) is 10.0 Å². The van der Waals surface area contributed by atoms with Gasteiger partial charge in [-0.15, -0.1) is 0 Å². The summed E-state index contributed by atoms with van der Waals surface area (Å²) in [7, 11) is -2.13. The van der Waals surface area contributed by atoms with Gasteiger partial charge in [0.25, 0.3) is 0 Å². The lowest BCUT2D eigenvalue weighted by Crippen LogP contribution is -2.33. The summed E-state index contributed by atoms with van der Waals surface area (Å²) >= 11 is 0. The first-order chi connectivity index (χ1) is 11.4. The minimum Gasteiger partial charge on any atom is -0.478 e. The molecule has 1 aromatic carbocycles. The number of nitrogens with zero attached hydrogens (tertiary/aromatic N) is 2. The van der Waals surface area contributed by atoms with Crippen LogP contribution < -0.4 is 9.62 Å². The topological polar surface area (TPSA) is 99.6 Å². The van der Waals surface area contributed by atoms with E-state index in [1.165, 1.54) is 13.2 Å². The quantitative estimate of drug-likeness (QED) is 0.863. The van der Waals surface area contributed by atoms with Gasteiger partial charge in [0.1, 0.15) is 5.56 Å². The van der Waals surface area contributed by atoms with Crippen molar-refractivity contribution < 1.29 is 18.3 Å². The number of carbonyl (C=O) groups is 1. The summed E-state index contributed by atoms with van der Waals surface area (Å²) in [4.78, 5) is 17.5. The smallest absolute Gasteiger partial charge is 0.339 e. The molecule has 1 aliphatic rings. The Morgan fingerprint density at radius 2 is 2.12 bits per heavy atom. The van der Waals surface area contributed by atoms with Crippen LogP contribution in [-0.4, -0.2) is 38.1 Å². The van der Waals surface area contributed by atoms with Crippen molar-refractivity contribution in [1.82, 2.24) is 9.71 Å². The fraction of sp³-hybridized carbons (Fsp3) is 0.250. The fourth-order valence-electron chi connectivity index (χ4n) is 2.97. The molecule has 126 valence electrons. The lowest BCUT2D eigenvalue weighted by Gasteiger charge is -2.32. The van der Waals surface area contributed by atoms with Crippen molar-refractivity contribution in [2.24, 2.45) is 0 Å². The molecule has 1 aromatic heterocycles. The molecular weight excluding hydrogens is 330 g/mol. The van der Waals surface area contributed by atoms with E-state index in [4.69, 9.17) is 0 Å². The molecule has 0 bridgehead atoms. The van der Waals surface area contributed by atoms with E-state index < -0.39 is 16.0 Å². The standard InChI is InChI=1S/C16H17N3O4S/c1-17-24(22,23)15-4-2-3-11-10-19(8-6-12(11)15)14-5-7-18-9-13(14)16(20)21/h2-5,7,9,17H,6,8,10H2,1H3,(H,20,21). The van der Waals surface area contributed by atoms with Gasteiger partial charge in [-0.05, 0) is 36.7 Å². The Morgan fingerprint density at radius 3 is 2.83 bits per heavy atom. The number of pyridine rings is 1. The van der Waals surface area contributed by atoms with Gasteiger partial charge in [-0.1, -0.05) is 12.1 Å². The molecule has 0 radical (unpaired) electrons. The van der Waals surface area contributed by atoms with Crippen molar-refractivity contribution in [1.29, 1.82) is 0 Å². The van der Waals surface area contributed by atoms with Crippen LogP contribution >= 0.6 is 0 Å². The molecule has 3 rings (SSSR count). The number of fused-ring (bicyclic) bond motifs is 1. The molecule has 0 saturated heterocycles. The first kappa shape index (κ1) is 16.4. The number of carboxylic acids is 1. The van der Waals surface area contributed by atoms with E-state index >= 15 is 0 Å². The zero-order valence-corrected chi connectivity index (χ0v) is 13.9. The first-order valence-electron chi connectivity index (χ1n) is 7.40. The van der Waals surface area contributed by atoms with Crippen LogP contribution in [0.25, 0.3) is 0 Å². The highest BCUT2D eigenvalue weighted by Crippen LogP contribution is 2.30. The van der Waals surface area contributed by atoms with Crippen LogP contribution in [0.5, 0.6) is 0 Å². The second-order valence-electron chi connectivity index (χ2n) is 5.47. The normalized spacial score (nSPS) is 14.3. The molecule has 0 atom stereocenters. The van der Waals surface area contributed by atoms with E-state index in [0.717, 1.165) is 11.1 Å². The second kappa shape index (κ2) is 6.21. The van der Waals surface area contributed by atoms with Crippen LogP contribution in [0, 0.1) is 0 Å². The van der Waals surface area contributed by atoms with Gasteiger partial charge < -0.3 is 10.0 Å². The van der Waals surface area contributed by atoms with Crippen LogP contribution in [0.15, 0.2) is 41.6 Å². The molecule has 0 unspecified atom stereocenters. The fourth-order valence-corrected chi connectivity index (χ4v) is 4.00. The number of hydrogen-bond acceptors (Lipinski definition) is 5. The van der Waals surface area contributed by atoms with E-state index in [2.05, 4.69) is 9.71 Å². The Balaban J connectivity index is 2.00. The monoisotopic (exact) mass is 347 g/mol. The molecule has 24 heavy (non-hydrogen) atoms. The minimum atomic E-state index is -3.52. The largest absolute Gasteiger partial charge is 0.478 e. The van der Waals surface area contributed by atoms with E-state index in [0.29, 0.717) is 25.2 Å². The lowest BCUT2D eigenvalue weighted by atomic mass is 9.99. The van der Waals surface area contributed by atoms with Crippen LogP contribution in [0.2, 0.25) is 0 Å². The van der Waals surface area contributed by atoms with Crippen LogP contribution in [-0.2, 0) is 23.0 Å². The van der Waals surface area contributed by atoms with Gasteiger partial charge in [-0.3, -0.25) is 4.98 Å². The zero-order chi connectivity index (χ0) is 17.3. The highest BCUT2D eigenvalue weighted by Gasteiger charge is 2.26. The van der Waals surface area contributed by atoms with Gasteiger partial charge in [-0.2, -0.15) is 0 Å². The van der Waals surface area contributed by atoms with Gasteiger partial charge in [0, 0.05) is 25.5 Å². The van der Waals surface area contributed by atoms with E-state index in [9.17, 15) is 18.3 Å². The van der Waals surface area contributed by atoms with Crippen LogP contribution in [0.1, 0.15) is 21.5 Å². The molecule has 0 fully saturated rings. The highest BCUT2D eigenvalue weighted by molar-refractivity contribution is 7.89. The molecule has 1 aliphatic heterocycles. The summed E-state index contributed by atoms with van der Waals surface area (Å²) in [5, 5.41) is 9.32. The van der Waals surface area contributed by atoms with Crippen LogP contribution in [0.4, 0.5) is 5.69 Å². The Kier molecular flexibility index (Phi) is 4.25. The number of sulfonamides is 1. The minimum absolute atomic E-state index is 0.139. The molecule has 8 heteroatoms. The van der Waals surface area contributed by atoms with Gasteiger partial charge in [0.15, 0.2) is 0 Å². The third kappa shape index (κ3) is 2.85. The maximum atomic E-state index is 12.2. The maximum Gasteiger partial charge on any atom is 0.339 e. The Bertz CT molecular complexity index is 896. The van der Waals surface area contributed by atoms with Crippen molar-refractivity contribution in [2.75, 3.05) is 18.5 Å². The lowest BCUT2D eigenvalue weighted by molar-refractivity contribution is 0.0697. The summed E-state index contributed by atoms with van der Waals surface area (Å²) in [6.07, 6.45) is 3.40. The number of hydrogen-bond donors (Lipinski definition) is 2. The summed E-state index contributed by atoms with van der Waals surface area (Å²) < 4.78 is 26.7. The zero-order valence-electron chi connectivity index (χ0n) is 13.1. The Labute approximate surface area is 140 Å². The van der Waals surface area contributed by atoms with Crippen molar-refractivity contribution in [3.63, 3.8) is 0 Å². The average molecular weight is 347 g/mol. The summed E-state index contributed by atoms with van der Waals surface area (Å²) in [6, 6.07) is 6.84. The Morgan fingerprint density at radius 1 is 1.33 bits per heavy atom. The molecule has 2 N–H and O–H groups in total. The number of benzene rings is 1. The summed E-state index contributed by atoms with van der Waals surface area (Å²) in [5.74, 6) is -1.03. The maximum absolute atomic E-state index is 12.2. The molecule has 7 nitrogen and oxygen atoms in total. The van der Waals surface area contributed by atoms with Crippen molar-refractivity contribution in [3.8, 4) is 0 Å². The van der Waals surface area contributed by atoms with E-state index in [-0.39, 0.29) is 10.5 Å². The number of carboxylic acid groups (broad SMARTS) is 1. The van der Waals surface area contributed by atoms with Gasteiger partial charge in [-0.25, -0.2) is 17.9 Å². The third-order valence-corrected chi connectivity index (χ3v) is 5.65.